The molecule has 0 saturated heterocycles. The van der Waals surface area contributed by atoms with Crippen molar-refractivity contribution in [2.75, 3.05) is 14.2 Å². The predicted octanol–water partition coefficient (Wildman–Crippen LogP) is 5.27. The van der Waals surface area contributed by atoms with Crippen LogP contribution in [0.5, 0.6) is 23.0 Å². The summed E-state index contributed by atoms with van der Waals surface area (Å²) in [5.41, 5.74) is 0.179. The lowest BCUT2D eigenvalue weighted by Crippen LogP contribution is -2.01. The van der Waals surface area contributed by atoms with Crippen LogP contribution in [0.2, 0.25) is 0 Å². The van der Waals surface area contributed by atoms with Crippen LogP contribution in [-0.4, -0.2) is 14.2 Å². The lowest BCUT2D eigenvalue weighted by molar-refractivity contribution is 0.352. The highest BCUT2D eigenvalue weighted by atomic mass is 16.5. The number of benzene rings is 3. The van der Waals surface area contributed by atoms with Crippen molar-refractivity contribution in [2.24, 2.45) is 0 Å². The van der Waals surface area contributed by atoms with Crippen molar-refractivity contribution in [3.05, 3.63) is 83.2 Å². The molecule has 0 radical (unpaired) electrons. The molecule has 1 heterocycles. The molecular weight excluding hydrogens is 356 g/mol. The maximum absolute atomic E-state index is 12.5. The van der Waals surface area contributed by atoms with Gasteiger partial charge in [-0.2, -0.15) is 0 Å². The molecule has 28 heavy (non-hydrogen) atoms. The summed E-state index contributed by atoms with van der Waals surface area (Å²) in [4.78, 5) is 12.5. The van der Waals surface area contributed by atoms with Crippen LogP contribution < -0.4 is 19.8 Å². The normalized spacial score (nSPS) is 10.6. The molecule has 0 N–H and O–H groups in total. The van der Waals surface area contributed by atoms with Gasteiger partial charge in [0.05, 0.1) is 25.2 Å². The van der Waals surface area contributed by atoms with Crippen molar-refractivity contribution < 1.29 is 18.6 Å². The highest BCUT2D eigenvalue weighted by Gasteiger charge is 2.18. The van der Waals surface area contributed by atoms with E-state index in [2.05, 4.69) is 0 Å². The molecule has 4 aromatic rings. The Balaban J connectivity index is 1.93. The third-order valence-electron chi connectivity index (χ3n) is 4.39. The molecular formula is C23H18O5. The van der Waals surface area contributed by atoms with E-state index in [1.165, 1.54) is 0 Å². The minimum Gasteiger partial charge on any atom is -0.493 e. The Morgan fingerprint density at radius 2 is 1.43 bits per heavy atom. The van der Waals surface area contributed by atoms with E-state index in [-0.39, 0.29) is 0 Å². The SMILES string of the molecule is COc1cc(Oc2ccccc2)c(-c2cc3ccccc3c(=O)o2)cc1OC. The molecule has 4 rings (SSSR count). The van der Waals surface area contributed by atoms with E-state index in [1.54, 1.807) is 38.5 Å². The predicted molar refractivity (Wildman–Crippen MR) is 108 cm³/mol. The van der Waals surface area contributed by atoms with Gasteiger partial charge in [0.25, 0.3) is 0 Å². The van der Waals surface area contributed by atoms with Gasteiger partial charge in [0.15, 0.2) is 11.5 Å². The molecule has 0 spiro atoms. The first-order valence-electron chi connectivity index (χ1n) is 8.72. The molecule has 1 aromatic heterocycles. The zero-order valence-corrected chi connectivity index (χ0v) is 15.5. The number of ether oxygens (including phenoxy) is 3. The van der Waals surface area contributed by atoms with E-state index >= 15 is 0 Å². The van der Waals surface area contributed by atoms with E-state index in [0.29, 0.717) is 39.7 Å². The lowest BCUT2D eigenvalue weighted by Gasteiger charge is -2.15. The van der Waals surface area contributed by atoms with E-state index in [9.17, 15) is 4.79 Å². The van der Waals surface area contributed by atoms with Crippen LogP contribution in [-0.2, 0) is 0 Å². The van der Waals surface area contributed by atoms with Gasteiger partial charge >= 0.3 is 5.63 Å². The summed E-state index contributed by atoms with van der Waals surface area (Å²) < 4.78 is 22.5. The Kier molecular flexibility index (Phi) is 4.72. The standard InChI is InChI=1S/C23H18O5/c1-25-21-13-18(19-12-15-8-6-7-11-17(15)23(24)28-19)20(14-22(21)26-2)27-16-9-4-3-5-10-16/h3-14H,1-2H3. The summed E-state index contributed by atoms with van der Waals surface area (Å²) in [5.74, 6) is 2.55. The topological polar surface area (TPSA) is 57.9 Å². The quantitative estimate of drug-likeness (QED) is 0.476. The van der Waals surface area contributed by atoms with Gasteiger partial charge in [-0.25, -0.2) is 4.79 Å². The van der Waals surface area contributed by atoms with Crippen molar-refractivity contribution in [1.82, 2.24) is 0 Å². The minimum atomic E-state index is -0.409. The number of hydrogen-bond acceptors (Lipinski definition) is 5. The van der Waals surface area contributed by atoms with Crippen LogP contribution >= 0.6 is 0 Å². The number of fused-ring (bicyclic) bond motifs is 1. The van der Waals surface area contributed by atoms with Gasteiger partial charge in [-0.1, -0.05) is 36.4 Å². The van der Waals surface area contributed by atoms with Crippen LogP contribution in [0.15, 0.2) is 82.0 Å². The second kappa shape index (κ2) is 7.48. The molecule has 0 atom stereocenters. The Labute approximate surface area is 161 Å². The smallest absolute Gasteiger partial charge is 0.344 e. The van der Waals surface area contributed by atoms with Gasteiger partial charge in [-0.15, -0.1) is 0 Å². The second-order valence-electron chi connectivity index (χ2n) is 6.10. The average molecular weight is 374 g/mol. The summed E-state index contributed by atoms with van der Waals surface area (Å²) in [6, 6.07) is 21.9. The summed E-state index contributed by atoms with van der Waals surface area (Å²) in [6.45, 7) is 0. The molecule has 0 aliphatic heterocycles. The number of para-hydroxylation sites is 1. The van der Waals surface area contributed by atoms with Crippen LogP contribution in [0.25, 0.3) is 22.1 Å². The van der Waals surface area contributed by atoms with Gasteiger partial charge in [0, 0.05) is 6.07 Å². The van der Waals surface area contributed by atoms with E-state index in [0.717, 1.165) is 5.39 Å². The van der Waals surface area contributed by atoms with Gasteiger partial charge in [0.2, 0.25) is 0 Å². The highest BCUT2D eigenvalue weighted by Crippen LogP contribution is 2.42. The molecule has 3 aromatic carbocycles. The van der Waals surface area contributed by atoms with Crippen LogP contribution in [0.3, 0.4) is 0 Å². The fraction of sp³-hybridized carbons (Fsp3) is 0.0870. The molecule has 5 nitrogen and oxygen atoms in total. The fourth-order valence-electron chi connectivity index (χ4n) is 3.02. The van der Waals surface area contributed by atoms with Gasteiger partial charge in [-0.05, 0) is 35.7 Å². The summed E-state index contributed by atoms with van der Waals surface area (Å²) in [6.07, 6.45) is 0. The third-order valence-corrected chi connectivity index (χ3v) is 4.39. The summed E-state index contributed by atoms with van der Waals surface area (Å²) in [5, 5.41) is 1.31. The number of rotatable bonds is 5. The first-order valence-corrected chi connectivity index (χ1v) is 8.72. The average Bonchev–Trinajstić information content (AvgIpc) is 2.74. The maximum atomic E-state index is 12.5. The Morgan fingerprint density at radius 1 is 0.750 bits per heavy atom. The van der Waals surface area contributed by atoms with Crippen molar-refractivity contribution in [3.63, 3.8) is 0 Å². The fourth-order valence-corrected chi connectivity index (χ4v) is 3.02. The zero-order chi connectivity index (χ0) is 19.5. The summed E-state index contributed by atoms with van der Waals surface area (Å²) in [7, 11) is 3.11. The molecule has 140 valence electrons. The van der Waals surface area contributed by atoms with Gasteiger partial charge in [0.1, 0.15) is 17.3 Å². The molecule has 5 heteroatoms. The molecule has 0 fully saturated rings. The summed E-state index contributed by atoms with van der Waals surface area (Å²) >= 11 is 0. The Bertz CT molecular complexity index is 1180. The van der Waals surface area contributed by atoms with Crippen LogP contribution in [0.1, 0.15) is 0 Å². The largest absolute Gasteiger partial charge is 0.493 e. The van der Waals surface area contributed by atoms with E-state index < -0.39 is 5.63 Å². The highest BCUT2D eigenvalue weighted by molar-refractivity contribution is 5.85. The van der Waals surface area contributed by atoms with Crippen molar-refractivity contribution >= 4 is 10.8 Å². The zero-order valence-electron chi connectivity index (χ0n) is 15.5. The van der Waals surface area contributed by atoms with Gasteiger partial charge in [-0.3, -0.25) is 0 Å². The lowest BCUT2D eigenvalue weighted by atomic mass is 10.1. The van der Waals surface area contributed by atoms with Crippen molar-refractivity contribution in [3.8, 4) is 34.3 Å². The maximum Gasteiger partial charge on any atom is 0.344 e. The molecule has 0 unspecified atom stereocenters. The first kappa shape index (κ1) is 17.7. The molecule has 0 aliphatic carbocycles. The van der Waals surface area contributed by atoms with E-state index in [4.69, 9.17) is 18.6 Å². The van der Waals surface area contributed by atoms with Crippen molar-refractivity contribution in [2.45, 2.75) is 0 Å². The third kappa shape index (κ3) is 3.30. The van der Waals surface area contributed by atoms with Gasteiger partial charge < -0.3 is 18.6 Å². The molecule has 0 aliphatic rings. The first-order chi connectivity index (χ1) is 13.7. The van der Waals surface area contributed by atoms with Crippen LogP contribution in [0, 0.1) is 0 Å². The molecule has 0 amide bonds. The molecule has 0 saturated carbocycles. The Hall–Kier alpha value is -3.73. The van der Waals surface area contributed by atoms with E-state index in [1.807, 2.05) is 48.5 Å². The second-order valence-corrected chi connectivity index (χ2v) is 6.10. The van der Waals surface area contributed by atoms with Crippen LogP contribution in [0.4, 0.5) is 0 Å². The number of methoxy groups -OCH3 is 2. The monoisotopic (exact) mass is 374 g/mol. The Morgan fingerprint density at radius 3 is 2.18 bits per heavy atom. The number of hydrogen-bond donors (Lipinski definition) is 0. The minimum absolute atomic E-state index is 0.385. The van der Waals surface area contributed by atoms with Crippen molar-refractivity contribution in [1.29, 1.82) is 0 Å². The molecule has 0 bridgehead atoms.